The van der Waals surface area contributed by atoms with Crippen LogP contribution in [0.2, 0.25) is 0 Å². The van der Waals surface area contributed by atoms with Crippen LogP contribution in [-0.4, -0.2) is 31.2 Å². The van der Waals surface area contributed by atoms with Crippen molar-refractivity contribution in [3.63, 3.8) is 0 Å². The van der Waals surface area contributed by atoms with E-state index in [-0.39, 0.29) is 0 Å². The minimum atomic E-state index is -0.394. The smallest absolute Gasteiger partial charge is 0.415 e. The predicted molar refractivity (Wildman–Crippen MR) is 81.8 cm³/mol. The van der Waals surface area contributed by atoms with E-state index in [1.54, 1.807) is 19.2 Å². The molecule has 0 bridgehead atoms. The lowest BCUT2D eigenvalue weighted by molar-refractivity contribution is 0.153. The number of hydrogen-bond acceptors (Lipinski definition) is 3. The number of ether oxygens (including phenoxy) is 2. The summed E-state index contributed by atoms with van der Waals surface area (Å²) in [6, 6.07) is 16.8. The van der Waals surface area contributed by atoms with Crippen LogP contribution in [0.15, 0.2) is 54.6 Å². The fraction of sp³-hybridized carbons (Fsp3) is 0.235. The van der Waals surface area contributed by atoms with E-state index in [1.165, 1.54) is 4.90 Å². The second kappa shape index (κ2) is 7.33. The van der Waals surface area contributed by atoms with Crippen molar-refractivity contribution in [1.82, 2.24) is 4.90 Å². The fourth-order valence-corrected chi connectivity index (χ4v) is 1.76. The molecule has 2 rings (SSSR count). The van der Waals surface area contributed by atoms with Crippen LogP contribution < -0.4 is 9.47 Å². The first-order chi connectivity index (χ1) is 10.1. The lowest BCUT2D eigenvalue weighted by atomic mass is 10.2. The van der Waals surface area contributed by atoms with Crippen molar-refractivity contribution in [1.29, 1.82) is 0 Å². The molecule has 0 heterocycles. The van der Waals surface area contributed by atoms with Gasteiger partial charge in [0.05, 0.1) is 6.54 Å². The summed E-state index contributed by atoms with van der Waals surface area (Å²) in [7, 11) is 1.69. The quantitative estimate of drug-likeness (QED) is 0.844. The second-order valence-electron chi connectivity index (χ2n) is 4.77. The van der Waals surface area contributed by atoms with Crippen molar-refractivity contribution < 1.29 is 14.3 Å². The van der Waals surface area contributed by atoms with E-state index in [2.05, 4.69) is 0 Å². The highest BCUT2D eigenvalue weighted by atomic mass is 16.6. The zero-order valence-corrected chi connectivity index (χ0v) is 12.3. The van der Waals surface area contributed by atoms with E-state index in [9.17, 15) is 4.79 Å². The zero-order chi connectivity index (χ0) is 15.1. The number of aryl methyl sites for hydroxylation is 1. The average molecular weight is 285 g/mol. The van der Waals surface area contributed by atoms with Crippen LogP contribution in [0.5, 0.6) is 11.5 Å². The van der Waals surface area contributed by atoms with Crippen LogP contribution in [-0.2, 0) is 0 Å². The Kier molecular flexibility index (Phi) is 5.21. The maximum Gasteiger partial charge on any atom is 0.415 e. The molecule has 2 aromatic carbocycles. The van der Waals surface area contributed by atoms with Gasteiger partial charge in [-0.15, -0.1) is 0 Å². The van der Waals surface area contributed by atoms with Crippen LogP contribution in [0.3, 0.4) is 0 Å². The molecule has 1 amide bonds. The standard InChI is InChI=1S/C17H19NO3/c1-14-7-6-10-16(13-14)20-12-11-18(2)17(19)21-15-8-4-3-5-9-15/h3-10,13H,11-12H2,1-2H3. The lowest BCUT2D eigenvalue weighted by Crippen LogP contribution is -2.33. The molecule has 110 valence electrons. The van der Waals surface area contributed by atoms with E-state index in [0.29, 0.717) is 18.9 Å². The van der Waals surface area contributed by atoms with Crippen molar-refractivity contribution in [3.05, 3.63) is 60.2 Å². The van der Waals surface area contributed by atoms with Gasteiger partial charge in [-0.05, 0) is 36.8 Å². The number of benzene rings is 2. The van der Waals surface area contributed by atoms with Crippen molar-refractivity contribution >= 4 is 6.09 Å². The molecule has 4 nitrogen and oxygen atoms in total. The summed E-state index contributed by atoms with van der Waals surface area (Å²) in [6.07, 6.45) is -0.394. The first kappa shape index (κ1) is 14.9. The molecule has 0 radical (unpaired) electrons. The molecular formula is C17H19NO3. The summed E-state index contributed by atoms with van der Waals surface area (Å²) in [4.78, 5) is 13.3. The molecule has 0 N–H and O–H groups in total. The molecule has 0 aliphatic carbocycles. The third-order valence-electron chi connectivity index (χ3n) is 2.95. The molecule has 0 aliphatic rings. The van der Waals surface area contributed by atoms with E-state index < -0.39 is 6.09 Å². The summed E-state index contributed by atoms with van der Waals surface area (Å²) in [5.41, 5.74) is 1.14. The Morgan fingerprint density at radius 1 is 1.05 bits per heavy atom. The minimum absolute atomic E-state index is 0.394. The number of likely N-dealkylation sites (N-methyl/N-ethyl adjacent to an activating group) is 1. The molecule has 0 aromatic heterocycles. The Labute approximate surface area is 124 Å². The van der Waals surface area contributed by atoms with E-state index in [1.807, 2.05) is 49.4 Å². The first-order valence-electron chi connectivity index (χ1n) is 6.82. The Balaban J connectivity index is 1.76. The zero-order valence-electron chi connectivity index (χ0n) is 12.3. The van der Waals surface area contributed by atoms with E-state index in [0.717, 1.165) is 11.3 Å². The third kappa shape index (κ3) is 4.84. The van der Waals surface area contributed by atoms with Gasteiger partial charge in [-0.25, -0.2) is 4.79 Å². The number of carbonyl (C=O) groups excluding carboxylic acids is 1. The molecule has 2 aromatic rings. The molecule has 0 unspecified atom stereocenters. The summed E-state index contributed by atoms with van der Waals surface area (Å²) in [5.74, 6) is 1.34. The second-order valence-corrected chi connectivity index (χ2v) is 4.77. The Bertz CT molecular complexity index is 584. The normalized spacial score (nSPS) is 10.0. The van der Waals surface area contributed by atoms with Crippen molar-refractivity contribution in [2.24, 2.45) is 0 Å². The van der Waals surface area contributed by atoms with Crippen LogP contribution in [0.1, 0.15) is 5.56 Å². The molecule has 0 fully saturated rings. The number of hydrogen-bond donors (Lipinski definition) is 0. The van der Waals surface area contributed by atoms with Crippen LogP contribution in [0.25, 0.3) is 0 Å². The maximum atomic E-state index is 11.9. The van der Waals surface area contributed by atoms with E-state index >= 15 is 0 Å². The Hall–Kier alpha value is -2.49. The Morgan fingerprint density at radius 2 is 1.76 bits per heavy atom. The highest BCUT2D eigenvalue weighted by Crippen LogP contribution is 2.12. The molecule has 21 heavy (non-hydrogen) atoms. The van der Waals surface area contributed by atoms with Gasteiger partial charge >= 0.3 is 6.09 Å². The van der Waals surface area contributed by atoms with Gasteiger partial charge in [0, 0.05) is 7.05 Å². The third-order valence-corrected chi connectivity index (χ3v) is 2.95. The van der Waals surface area contributed by atoms with Gasteiger partial charge in [0.25, 0.3) is 0 Å². The average Bonchev–Trinajstić information content (AvgIpc) is 2.48. The van der Waals surface area contributed by atoms with E-state index in [4.69, 9.17) is 9.47 Å². The summed E-state index contributed by atoms with van der Waals surface area (Å²) < 4.78 is 10.8. The number of amides is 1. The van der Waals surface area contributed by atoms with Gasteiger partial charge in [-0.3, -0.25) is 0 Å². The number of para-hydroxylation sites is 1. The van der Waals surface area contributed by atoms with Gasteiger partial charge < -0.3 is 14.4 Å². The summed E-state index contributed by atoms with van der Waals surface area (Å²) >= 11 is 0. The molecular weight excluding hydrogens is 266 g/mol. The van der Waals surface area contributed by atoms with Gasteiger partial charge in [-0.2, -0.15) is 0 Å². The van der Waals surface area contributed by atoms with Gasteiger partial charge in [-0.1, -0.05) is 30.3 Å². The maximum absolute atomic E-state index is 11.9. The molecule has 4 heteroatoms. The number of carbonyl (C=O) groups is 1. The van der Waals surface area contributed by atoms with Crippen molar-refractivity contribution in [2.75, 3.05) is 20.2 Å². The predicted octanol–water partition coefficient (Wildman–Crippen LogP) is 3.50. The largest absolute Gasteiger partial charge is 0.492 e. The minimum Gasteiger partial charge on any atom is -0.492 e. The summed E-state index contributed by atoms with van der Waals surface area (Å²) in [6.45, 7) is 2.89. The van der Waals surface area contributed by atoms with Crippen LogP contribution in [0.4, 0.5) is 4.79 Å². The first-order valence-corrected chi connectivity index (χ1v) is 6.82. The van der Waals surface area contributed by atoms with Gasteiger partial charge in [0.2, 0.25) is 0 Å². The van der Waals surface area contributed by atoms with Gasteiger partial charge in [0.1, 0.15) is 18.1 Å². The number of rotatable bonds is 5. The van der Waals surface area contributed by atoms with Crippen molar-refractivity contribution in [2.45, 2.75) is 6.92 Å². The highest BCUT2D eigenvalue weighted by molar-refractivity contribution is 5.70. The fourth-order valence-electron chi connectivity index (χ4n) is 1.76. The molecule has 0 saturated heterocycles. The summed E-state index contributed by atoms with van der Waals surface area (Å²) in [5, 5.41) is 0. The van der Waals surface area contributed by atoms with Crippen LogP contribution >= 0.6 is 0 Å². The Morgan fingerprint density at radius 3 is 2.48 bits per heavy atom. The lowest BCUT2D eigenvalue weighted by Gasteiger charge is -2.17. The van der Waals surface area contributed by atoms with Crippen LogP contribution in [0, 0.1) is 6.92 Å². The number of nitrogens with zero attached hydrogens (tertiary/aromatic N) is 1. The molecule has 0 aliphatic heterocycles. The highest BCUT2D eigenvalue weighted by Gasteiger charge is 2.10. The van der Waals surface area contributed by atoms with Crippen molar-refractivity contribution in [3.8, 4) is 11.5 Å². The molecule has 0 spiro atoms. The topological polar surface area (TPSA) is 38.8 Å². The SMILES string of the molecule is Cc1cccc(OCCN(C)C(=O)Oc2ccccc2)c1. The molecule has 0 saturated carbocycles. The molecule has 0 atom stereocenters. The van der Waals surface area contributed by atoms with Gasteiger partial charge in [0.15, 0.2) is 0 Å². The monoisotopic (exact) mass is 285 g/mol.